The van der Waals surface area contributed by atoms with Crippen molar-refractivity contribution in [3.63, 3.8) is 0 Å². The van der Waals surface area contributed by atoms with E-state index in [0.717, 1.165) is 18.8 Å². The topological polar surface area (TPSA) is 96.7 Å². The number of alkyl halides is 1. The van der Waals surface area contributed by atoms with E-state index in [1.807, 2.05) is 0 Å². The summed E-state index contributed by atoms with van der Waals surface area (Å²) in [5.74, 6) is -2.10. The number of nitrogens with zero attached hydrogens (tertiary/aromatic N) is 3. The molecule has 1 aliphatic carbocycles. The minimum Gasteiger partial charge on any atom is -0.477 e. The number of nitrogens with one attached hydrogen (secondary N) is 1. The van der Waals surface area contributed by atoms with Crippen LogP contribution in [-0.2, 0) is 4.74 Å². The molecule has 4 atom stereocenters. The molecule has 4 heterocycles. The van der Waals surface area contributed by atoms with Crippen molar-refractivity contribution < 1.29 is 23.4 Å². The van der Waals surface area contributed by atoms with Crippen molar-refractivity contribution in [2.75, 3.05) is 31.1 Å². The van der Waals surface area contributed by atoms with E-state index >= 15 is 0 Å². The summed E-state index contributed by atoms with van der Waals surface area (Å²) >= 11 is 0. The van der Waals surface area contributed by atoms with Gasteiger partial charge in [0.25, 0.3) is 0 Å². The smallest absolute Gasteiger partial charge is 0.341 e. The number of hydrogen-bond donors (Lipinski definition) is 2. The van der Waals surface area contributed by atoms with E-state index in [1.165, 1.54) is 4.57 Å². The molecule has 0 radical (unpaired) electrons. The zero-order chi connectivity index (χ0) is 19.6. The molecule has 3 aliphatic rings. The number of morpholine rings is 1. The van der Waals surface area contributed by atoms with Gasteiger partial charge >= 0.3 is 5.97 Å². The minimum absolute atomic E-state index is 0.0552. The lowest BCUT2D eigenvalue weighted by atomic mass is 10.2. The molecule has 148 valence electrons. The van der Waals surface area contributed by atoms with Gasteiger partial charge in [0.1, 0.15) is 17.4 Å². The van der Waals surface area contributed by atoms with E-state index < -0.39 is 35.0 Å². The Kier molecular flexibility index (Phi) is 3.88. The molecular weight excluding hydrogens is 374 g/mol. The predicted molar refractivity (Wildman–Crippen MR) is 95.2 cm³/mol. The van der Waals surface area contributed by atoms with E-state index in [2.05, 4.69) is 10.3 Å². The van der Waals surface area contributed by atoms with Gasteiger partial charge in [-0.1, -0.05) is 0 Å². The number of carbonyl (C=O) groups is 1. The van der Waals surface area contributed by atoms with Crippen LogP contribution in [0.3, 0.4) is 0 Å². The number of fused-ring (bicyclic) bond motifs is 2. The zero-order valence-electron chi connectivity index (χ0n) is 14.8. The summed E-state index contributed by atoms with van der Waals surface area (Å²) in [6.07, 6.45) is 0.0907. The number of aromatic nitrogens is 2. The van der Waals surface area contributed by atoms with Gasteiger partial charge in [0, 0.05) is 32.3 Å². The number of hydrogen-bond acceptors (Lipinski definition) is 6. The first kappa shape index (κ1) is 17.5. The third-order valence-corrected chi connectivity index (χ3v) is 5.61. The Balaban J connectivity index is 1.64. The van der Waals surface area contributed by atoms with Gasteiger partial charge in [-0.25, -0.2) is 18.6 Å². The number of carboxylic acids is 1. The number of ether oxygens (including phenoxy) is 1. The summed E-state index contributed by atoms with van der Waals surface area (Å²) in [6.45, 7) is 2.24. The van der Waals surface area contributed by atoms with Gasteiger partial charge in [-0.15, -0.1) is 0 Å². The van der Waals surface area contributed by atoms with Gasteiger partial charge in [0.05, 0.1) is 30.2 Å². The number of pyridine rings is 2. The van der Waals surface area contributed by atoms with Gasteiger partial charge in [-0.2, -0.15) is 0 Å². The van der Waals surface area contributed by atoms with Crippen LogP contribution in [-0.4, -0.2) is 65.2 Å². The Hall–Kier alpha value is -2.59. The molecule has 2 aromatic heterocycles. The first-order valence-corrected chi connectivity index (χ1v) is 9.16. The van der Waals surface area contributed by atoms with Crippen molar-refractivity contribution in [2.24, 2.45) is 0 Å². The van der Waals surface area contributed by atoms with Crippen LogP contribution in [0, 0.1) is 5.82 Å². The van der Waals surface area contributed by atoms with Gasteiger partial charge in [-0.3, -0.25) is 4.79 Å². The average Bonchev–Trinajstić information content (AvgIpc) is 3.23. The molecule has 0 amide bonds. The zero-order valence-corrected chi connectivity index (χ0v) is 14.8. The van der Waals surface area contributed by atoms with Gasteiger partial charge in [0.15, 0.2) is 11.6 Å². The highest BCUT2D eigenvalue weighted by atomic mass is 19.1. The van der Waals surface area contributed by atoms with Crippen LogP contribution in [0.5, 0.6) is 0 Å². The number of rotatable bonds is 3. The van der Waals surface area contributed by atoms with Crippen molar-refractivity contribution in [1.82, 2.24) is 14.9 Å². The summed E-state index contributed by atoms with van der Waals surface area (Å²) in [5, 5.41) is 12.4. The van der Waals surface area contributed by atoms with E-state index in [4.69, 9.17) is 4.74 Å². The van der Waals surface area contributed by atoms with E-state index in [0.29, 0.717) is 19.7 Å². The third-order valence-electron chi connectivity index (χ3n) is 5.61. The molecular formula is C18H18F2N4O4. The number of anilines is 1. The van der Waals surface area contributed by atoms with Gasteiger partial charge in [0.2, 0.25) is 5.43 Å². The monoisotopic (exact) mass is 392 g/mol. The Morgan fingerprint density at radius 2 is 2.18 bits per heavy atom. The second-order valence-corrected chi connectivity index (χ2v) is 7.44. The van der Waals surface area contributed by atoms with Crippen LogP contribution >= 0.6 is 0 Å². The summed E-state index contributed by atoms with van der Waals surface area (Å²) in [7, 11) is 0. The fraction of sp³-hybridized carbons (Fsp3) is 0.500. The summed E-state index contributed by atoms with van der Waals surface area (Å²) in [5.41, 5.74) is -1.25. The van der Waals surface area contributed by atoms with Crippen LogP contribution in [0.25, 0.3) is 11.0 Å². The van der Waals surface area contributed by atoms with Crippen LogP contribution in [0.2, 0.25) is 0 Å². The molecule has 0 unspecified atom stereocenters. The lowest BCUT2D eigenvalue weighted by Crippen LogP contribution is -2.47. The first-order chi connectivity index (χ1) is 13.4. The Morgan fingerprint density at radius 1 is 1.39 bits per heavy atom. The summed E-state index contributed by atoms with van der Waals surface area (Å²) < 4.78 is 35.6. The molecule has 3 fully saturated rings. The molecule has 0 aromatic carbocycles. The highest BCUT2D eigenvalue weighted by Crippen LogP contribution is 2.40. The standard InChI is InChI=1S/C18H18F2N4O4/c19-10-4-13(10)24-5-9(18(26)27)15(25)8-3-11(20)17(22-16(8)24)23-6-12-14(7-23)28-2-1-21-12/h3,5,10,12-14,21H,1-2,4,6-7H2,(H,26,27)/t10-,12-,13+,14+/m0/s1. The third kappa shape index (κ3) is 2.67. The normalized spacial score (nSPS) is 29.1. The largest absolute Gasteiger partial charge is 0.477 e. The quantitative estimate of drug-likeness (QED) is 0.794. The van der Waals surface area contributed by atoms with Gasteiger partial charge < -0.3 is 24.6 Å². The second-order valence-electron chi connectivity index (χ2n) is 7.44. The maximum absolute atomic E-state index is 14.9. The number of carboxylic acid groups (broad SMARTS) is 1. The molecule has 28 heavy (non-hydrogen) atoms. The van der Waals surface area contributed by atoms with E-state index in [1.54, 1.807) is 4.90 Å². The van der Waals surface area contributed by atoms with Crippen molar-refractivity contribution in [3.8, 4) is 0 Å². The predicted octanol–water partition coefficient (Wildman–Crippen LogP) is 0.694. The van der Waals surface area contributed by atoms with Crippen molar-refractivity contribution >= 4 is 22.8 Å². The lowest BCUT2D eigenvalue weighted by molar-refractivity contribution is 0.0212. The molecule has 2 saturated heterocycles. The molecule has 1 saturated carbocycles. The Morgan fingerprint density at radius 3 is 2.86 bits per heavy atom. The number of halogens is 2. The molecule has 2 N–H and O–H groups in total. The average molecular weight is 392 g/mol. The fourth-order valence-electron chi connectivity index (χ4n) is 4.07. The minimum atomic E-state index is -1.44. The van der Waals surface area contributed by atoms with Crippen LogP contribution in [0.1, 0.15) is 22.8 Å². The molecule has 8 nitrogen and oxygen atoms in total. The highest BCUT2D eigenvalue weighted by molar-refractivity contribution is 5.92. The van der Waals surface area contributed by atoms with Crippen molar-refractivity contribution in [2.45, 2.75) is 30.8 Å². The van der Waals surface area contributed by atoms with Crippen molar-refractivity contribution in [3.05, 3.63) is 33.9 Å². The fourth-order valence-corrected chi connectivity index (χ4v) is 4.07. The maximum Gasteiger partial charge on any atom is 0.341 e. The van der Waals surface area contributed by atoms with Crippen LogP contribution in [0.4, 0.5) is 14.6 Å². The molecule has 2 aliphatic heterocycles. The summed E-state index contributed by atoms with van der Waals surface area (Å²) in [6, 6.07) is 0.466. The Bertz CT molecular complexity index is 1030. The van der Waals surface area contributed by atoms with E-state index in [-0.39, 0.29) is 35.4 Å². The first-order valence-electron chi connectivity index (χ1n) is 9.16. The lowest BCUT2D eigenvalue weighted by Gasteiger charge is -2.25. The van der Waals surface area contributed by atoms with Crippen molar-refractivity contribution in [1.29, 1.82) is 0 Å². The SMILES string of the molecule is O=C(O)c1cn([C@@H]2C[C@@H]2F)c2nc(N3C[C@@H]4NCCO[C@@H]4C3)c(F)cc2c1=O. The molecule has 5 rings (SSSR count). The Labute approximate surface area is 157 Å². The molecule has 0 spiro atoms. The van der Waals surface area contributed by atoms with E-state index in [9.17, 15) is 23.5 Å². The summed E-state index contributed by atoms with van der Waals surface area (Å²) in [4.78, 5) is 30.0. The number of aromatic carboxylic acids is 1. The highest BCUT2D eigenvalue weighted by Gasteiger charge is 2.41. The maximum atomic E-state index is 14.9. The van der Waals surface area contributed by atoms with Gasteiger partial charge in [-0.05, 0) is 6.07 Å². The molecule has 2 aromatic rings. The van der Waals surface area contributed by atoms with Crippen LogP contribution < -0.4 is 15.6 Å². The molecule has 0 bridgehead atoms. The second kappa shape index (κ2) is 6.21. The van der Waals surface area contributed by atoms with Crippen LogP contribution in [0.15, 0.2) is 17.1 Å². The molecule has 10 heteroatoms.